The van der Waals surface area contributed by atoms with Crippen molar-refractivity contribution in [2.45, 2.75) is 0 Å². The number of benzene rings is 1. The zero-order valence-corrected chi connectivity index (χ0v) is 6.74. The highest BCUT2D eigenvalue weighted by Gasteiger charge is 2.00. The minimum Gasteiger partial charge on any atom is -0.287 e. The van der Waals surface area contributed by atoms with Crippen LogP contribution in [0.1, 0.15) is 0 Å². The van der Waals surface area contributed by atoms with Crippen molar-refractivity contribution < 1.29 is 4.79 Å². The highest BCUT2D eigenvalue weighted by atomic mass is 16.2. The Bertz CT molecular complexity index is 260. The van der Waals surface area contributed by atoms with Crippen molar-refractivity contribution in [1.29, 1.82) is 0 Å². The van der Waals surface area contributed by atoms with Gasteiger partial charge >= 0.3 is 6.03 Å². The molecule has 1 aromatic carbocycles. The van der Waals surface area contributed by atoms with Crippen LogP contribution in [0, 0.1) is 0 Å². The number of anilines is 1. The molecule has 0 aliphatic carbocycles. The van der Waals surface area contributed by atoms with Crippen LogP contribution in [0.25, 0.3) is 0 Å². The Morgan fingerprint density at radius 3 is 2.50 bits per heavy atom. The van der Waals surface area contributed by atoms with Crippen LogP contribution in [0.4, 0.5) is 10.5 Å². The summed E-state index contributed by atoms with van der Waals surface area (Å²) >= 11 is 0. The quantitative estimate of drug-likeness (QED) is 0.664. The lowest BCUT2D eigenvalue weighted by Gasteiger charge is -2.17. The summed E-state index contributed by atoms with van der Waals surface area (Å²) in [6, 6.07) is 8.48. The number of carbonyl (C=O) groups is 1. The number of amides is 2. The number of rotatable bonds is 2. The lowest BCUT2D eigenvalue weighted by molar-refractivity contribution is 0.247. The van der Waals surface area contributed by atoms with Crippen LogP contribution >= 0.6 is 0 Å². The van der Waals surface area contributed by atoms with Gasteiger partial charge < -0.3 is 0 Å². The van der Waals surface area contributed by atoms with Crippen LogP contribution in [0.2, 0.25) is 0 Å². The molecule has 1 aromatic rings. The predicted molar refractivity (Wildman–Crippen MR) is 46.5 cm³/mol. The topological polar surface area (TPSA) is 56.1 Å². The van der Waals surface area contributed by atoms with Crippen molar-refractivity contribution in [3.05, 3.63) is 30.3 Å². The van der Waals surface area contributed by atoms with E-state index in [0.29, 0.717) is 0 Å². The molecule has 0 aliphatic heterocycles. The molecule has 0 unspecified atom stereocenters. The highest BCUT2D eigenvalue weighted by molar-refractivity contribution is 5.73. The second-order valence-corrected chi connectivity index (χ2v) is 2.34. The van der Waals surface area contributed by atoms with Crippen molar-refractivity contribution in [3.63, 3.8) is 0 Å². The summed E-state index contributed by atoms with van der Waals surface area (Å²) in [5, 5.41) is 1.50. The number of carbonyl (C=O) groups excluding carboxylic acids is 1. The largest absolute Gasteiger partial charge is 0.352 e. The summed E-state index contributed by atoms with van der Waals surface area (Å²) in [5.41, 5.74) is 9.83. The van der Waals surface area contributed by atoms with Gasteiger partial charge in [0, 0.05) is 7.05 Å². The molecule has 0 saturated carbocycles. The first-order valence-electron chi connectivity index (χ1n) is 3.51. The van der Waals surface area contributed by atoms with Crippen molar-refractivity contribution in [2.24, 2.45) is 0 Å². The molecule has 0 aliphatic rings. The van der Waals surface area contributed by atoms with Crippen LogP contribution in [-0.4, -0.2) is 13.1 Å². The van der Waals surface area contributed by atoms with Crippen molar-refractivity contribution in [1.82, 2.24) is 11.2 Å². The van der Waals surface area contributed by atoms with Gasteiger partial charge in [-0.1, -0.05) is 18.2 Å². The predicted octanol–water partition coefficient (Wildman–Crippen LogP) is 1.03. The van der Waals surface area contributed by atoms with Gasteiger partial charge in [-0.2, -0.15) is 0 Å². The first kappa shape index (κ1) is 8.39. The normalized spacial score (nSPS) is 9.08. The molecule has 2 N–H and O–H groups in total. The summed E-state index contributed by atoms with van der Waals surface area (Å²) in [6.45, 7) is 0. The van der Waals surface area contributed by atoms with Crippen LogP contribution in [0.5, 0.6) is 0 Å². The maximum atomic E-state index is 10.3. The van der Waals surface area contributed by atoms with Gasteiger partial charge in [-0.05, 0) is 12.1 Å². The average molecular weight is 164 g/mol. The number of para-hydroxylation sites is 1. The third-order valence-corrected chi connectivity index (χ3v) is 1.41. The number of nitrogens with zero attached hydrogens (tertiary/aromatic N) is 1. The van der Waals surface area contributed by atoms with E-state index in [2.05, 4.69) is 5.43 Å². The molecule has 1 radical (unpaired) electrons. The molecule has 4 nitrogen and oxygen atoms in total. The maximum absolute atomic E-state index is 10.3. The molecular weight excluding hydrogens is 154 g/mol. The molecule has 4 heteroatoms. The van der Waals surface area contributed by atoms with Crippen LogP contribution in [-0.2, 0) is 0 Å². The molecule has 2 amide bonds. The Morgan fingerprint density at radius 2 is 2.00 bits per heavy atom. The number of hydrogen-bond acceptors (Lipinski definition) is 2. The van der Waals surface area contributed by atoms with E-state index in [4.69, 9.17) is 5.73 Å². The smallest absolute Gasteiger partial charge is 0.287 e. The van der Waals surface area contributed by atoms with Crippen LogP contribution in [0.3, 0.4) is 0 Å². The molecule has 0 spiro atoms. The molecule has 0 saturated heterocycles. The zero-order valence-electron chi connectivity index (χ0n) is 6.74. The second-order valence-electron chi connectivity index (χ2n) is 2.34. The molecular formula is C8H10N3O. The van der Waals surface area contributed by atoms with Crippen molar-refractivity contribution in [3.8, 4) is 0 Å². The van der Waals surface area contributed by atoms with E-state index in [1.54, 1.807) is 7.05 Å². The van der Waals surface area contributed by atoms with Crippen LogP contribution < -0.4 is 16.2 Å². The summed E-state index contributed by atoms with van der Waals surface area (Å²) in [6.07, 6.45) is 0. The average Bonchev–Trinajstić information content (AvgIpc) is 2.05. The summed E-state index contributed by atoms with van der Waals surface area (Å²) in [7, 11) is 1.68. The minimum atomic E-state index is -0.818. The number of urea groups is 1. The monoisotopic (exact) mass is 164 g/mol. The Labute approximate surface area is 70.9 Å². The van der Waals surface area contributed by atoms with E-state index in [-0.39, 0.29) is 0 Å². The maximum Gasteiger partial charge on any atom is 0.352 e. The Kier molecular flexibility index (Phi) is 2.53. The fourth-order valence-electron chi connectivity index (χ4n) is 0.868. The molecule has 0 atom stereocenters. The van der Waals surface area contributed by atoms with E-state index >= 15 is 0 Å². The van der Waals surface area contributed by atoms with Gasteiger partial charge in [-0.15, -0.1) is 0 Å². The molecule has 63 valence electrons. The number of hydrogen-bond donors (Lipinski definition) is 1. The van der Waals surface area contributed by atoms with Gasteiger partial charge in [0.05, 0.1) is 5.69 Å². The van der Waals surface area contributed by atoms with Gasteiger partial charge in [0.15, 0.2) is 0 Å². The van der Waals surface area contributed by atoms with E-state index in [0.717, 1.165) is 5.69 Å². The first-order valence-corrected chi connectivity index (χ1v) is 3.51. The van der Waals surface area contributed by atoms with Gasteiger partial charge in [0.25, 0.3) is 0 Å². The zero-order chi connectivity index (χ0) is 8.97. The Hall–Kier alpha value is -1.71. The second kappa shape index (κ2) is 3.61. The fraction of sp³-hybridized carbons (Fsp3) is 0.125. The molecule has 0 bridgehead atoms. The van der Waals surface area contributed by atoms with Crippen molar-refractivity contribution >= 4 is 11.7 Å². The summed E-state index contributed by atoms with van der Waals surface area (Å²) < 4.78 is 0. The molecule has 0 heterocycles. The van der Waals surface area contributed by atoms with Crippen LogP contribution in [0.15, 0.2) is 30.3 Å². The molecule has 1 rings (SSSR count). The fourth-order valence-corrected chi connectivity index (χ4v) is 0.868. The lowest BCUT2D eigenvalue weighted by atomic mass is 10.3. The van der Waals surface area contributed by atoms with E-state index in [9.17, 15) is 4.79 Å². The molecule has 0 fully saturated rings. The SMILES string of the molecule is CN(NC([NH])=O)c1ccccc1. The Morgan fingerprint density at radius 1 is 1.42 bits per heavy atom. The van der Waals surface area contributed by atoms with Gasteiger partial charge in [0.1, 0.15) is 0 Å². The van der Waals surface area contributed by atoms with E-state index < -0.39 is 6.03 Å². The van der Waals surface area contributed by atoms with E-state index in [1.807, 2.05) is 30.3 Å². The third-order valence-electron chi connectivity index (χ3n) is 1.41. The lowest BCUT2D eigenvalue weighted by Crippen LogP contribution is -2.38. The highest BCUT2D eigenvalue weighted by Crippen LogP contribution is 2.07. The van der Waals surface area contributed by atoms with E-state index in [1.165, 1.54) is 5.01 Å². The van der Waals surface area contributed by atoms with Gasteiger partial charge in [-0.25, -0.2) is 16.0 Å². The Balaban J connectivity index is 2.65. The minimum absolute atomic E-state index is 0.818. The van der Waals surface area contributed by atoms with Gasteiger partial charge in [-0.3, -0.25) is 5.01 Å². The van der Waals surface area contributed by atoms with Gasteiger partial charge in [0.2, 0.25) is 0 Å². The molecule has 0 aromatic heterocycles. The van der Waals surface area contributed by atoms with Crippen molar-refractivity contribution in [2.75, 3.05) is 12.1 Å². The molecule has 12 heavy (non-hydrogen) atoms. The number of hydrazine groups is 1. The summed E-state index contributed by atoms with van der Waals surface area (Å²) in [5.74, 6) is 0. The first-order chi connectivity index (χ1) is 5.70. The summed E-state index contributed by atoms with van der Waals surface area (Å²) in [4.78, 5) is 10.3. The standard InChI is InChI=1S/C8H10N3O/c1-11(10-8(9)12)7-5-3-2-4-6-7/h2-6,9H,1H3,(H,10,12). The number of nitrogens with one attached hydrogen (secondary N) is 2. The third kappa shape index (κ3) is 2.16.